The summed E-state index contributed by atoms with van der Waals surface area (Å²) in [5, 5.41) is 0. The SMILES string of the molecule is Cc1cc(OCC(C)(C)C)cc(C)c1C(C)(C)C. The fraction of sp³-hybridized carbons (Fsp3) is 0.647. The van der Waals surface area contributed by atoms with Crippen LogP contribution < -0.4 is 4.74 Å². The Bertz CT molecular complexity index is 393. The van der Waals surface area contributed by atoms with E-state index in [1.807, 2.05) is 0 Å². The lowest BCUT2D eigenvalue weighted by Crippen LogP contribution is -2.18. The van der Waals surface area contributed by atoms with Crippen LogP contribution in [-0.2, 0) is 5.41 Å². The monoisotopic (exact) mass is 248 g/mol. The standard InChI is InChI=1S/C17H28O/c1-12-9-14(18-11-16(3,4)5)10-13(2)15(12)17(6,7)8/h9-10H,11H2,1-8H3. The van der Waals surface area contributed by atoms with Crippen LogP contribution in [-0.4, -0.2) is 6.61 Å². The summed E-state index contributed by atoms with van der Waals surface area (Å²) in [7, 11) is 0. The summed E-state index contributed by atoms with van der Waals surface area (Å²) in [5.74, 6) is 0.993. The molecule has 0 amide bonds. The molecule has 0 atom stereocenters. The highest BCUT2D eigenvalue weighted by atomic mass is 16.5. The Labute approximate surface area is 113 Å². The third kappa shape index (κ3) is 4.04. The van der Waals surface area contributed by atoms with Crippen molar-refractivity contribution in [1.29, 1.82) is 0 Å². The maximum Gasteiger partial charge on any atom is 0.119 e. The molecule has 0 aliphatic carbocycles. The number of hydrogen-bond donors (Lipinski definition) is 0. The second-order valence-corrected chi connectivity index (χ2v) is 7.53. The molecule has 0 aliphatic rings. The van der Waals surface area contributed by atoms with E-state index in [1.165, 1.54) is 16.7 Å². The molecule has 0 bridgehead atoms. The van der Waals surface area contributed by atoms with Crippen molar-refractivity contribution in [2.24, 2.45) is 5.41 Å². The summed E-state index contributed by atoms with van der Waals surface area (Å²) in [6.07, 6.45) is 0. The fourth-order valence-electron chi connectivity index (χ4n) is 2.49. The Kier molecular flexibility index (Phi) is 4.15. The highest BCUT2D eigenvalue weighted by Crippen LogP contribution is 2.32. The molecule has 102 valence electrons. The minimum absolute atomic E-state index is 0.191. The zero-order chi connectivity index (χ0) is 14.1. The summed E-state index contributed by atoms with van der Waals surface area (Å²) >= 11 is 0. The van der Waals surface area contributed by atoms with Crippen molar-refractivity contribution < 1.29 is 4.74 Å². The van der Waals surface area contributed by atoms with Gasteiger partial charge in [0, 0.05) is 0 Å². The van der Waals surface area contributed by atoms with Crippen molar-refractivity contribution >= 4 is 0 Å². The first-order valence-electron chi connectivity index (χ1n) is 6.75. The van der Waals surface area contributed by atoms with Gasteiger partial charge in [-0.15, -0.1) is 0 Å². The molecule has 0 N–H and O–H groups in total. The van der Waals surface area contributed by atoms with Gasteiger partial charge in [0.2, 0.25) is 0 Å². The van der Waals surface area contributed by atoms with Crippen LogP contribution >= 0.6 is 0 Å². The van der Waals surface area contributed by atoms with Crippen molar-refractivity contribution in [2.45, 2.75) is 60.8 Å². The van der Waals surface area contributed by atoms with Crippen molar-refractivity contribution in [1.82, 2.24) is 0 Å². The lowest BCUT2D eigenvalue weighted by atomic mass is 9.81. The van der Waals surface area contributed by atoms with Crippen LogP contribution in [0.1, 0.15) is 58.2 Å². The average molecular weight is 248 g/mol. The predicted molar refractivity (Wildman–Crippen MR) is 79.6 cm³/mol. The summed E-state index contributed by atoms with van der Waals surface area (Å²) in [4.78, 5) is 0. The maximum atomic E-state index is 5.90. The maximum absolute atomic E-state index is 5.90. The molecular formula is C17H28O. The molecule has 1 heteroatoms. The summed E-state index contributed by atoms with van der Waals surface area (Å²) in [6.45, 7) is 18.5. The third-order valence-corrected chi connectivity index (χ3v) is 2.93. The molecule has 1 aromatic carbocycles. The molecule has 0 unspecified atom stereocenters. The minimum Gasteiger partial charge on any atom is -0.493 e. The largest absolute Gasteiger partial charge is 0.493 e. The Morgan fingerprint density at radius 2 is 1.33 bits per heavy atom. The number of rotatable bonds is 2. The summed E-state index contributed by atoms with van der Waals surface area (Å²) in [5.41, 5.74) is 4.48. The van der Waals surface area contributed by atoms with Gasteiger partial charge in [0.1, 0.15) is 5.75 Å². The van der Waals surface area contributed by atoms with Crippen LogP contribution in [0.4, 0.5) is 0 Å². The smallest absolute Gasteiger partial charge is 0.119 e. The van der Waals surface area contributed by atoms with Crippen LogP contribution in [0.5, 0.6) is 5.75 Å². The first-order valence-corrected chi connectivity index (χ1v) is 6.75. The normalized spacial score (nSPS) is 12.7. The van der Waals surface area contributed by atoms with Gasteiger partial charge in [-0.2, -0.15) is 0 Å². The Hall–Kier alpha value is -0.980. The molecule has 1 nitrogen and oxygen atoms in total. The van der Waals surface area contributed by atoms with Crippen LogP contribution in [0.25, 0.3) is 0 Å². The van der Waals surface area contributed by atoms with Gasteiger partial charge in [-0.05, 0) is 53.5 Å². The first kappa shape index (κ1) is 15.1. The quantitative estimate of drug-likeness (QED) is 0.713. The van der Waals surface area contributed by atoms with Crippen molar-refractivity contribution in [2.75, 3.05) is 6.61 Å². The molecule has 0 heterocycles. The van der Waals surface area contributed by atoms with E-state index in [-0.39, 0.29) is 10.8 Å². The number of hydrogen-bond acceptors (Lipinski definition) is 1. The number of ether oxygens (including phenoxy) is 1. The molecule has 0 spiro atoms. The molecule has 18 heavy (non-hydrogen) atoms. The van der Waals surface area contributed by atoms with E-state index in [2.05, 4.69) is 67.5 Å². The molecule has 0 radical (unpaired) electrons. The summed E-state index contributed by atoms with van der Waals surface area (Å²) in [6, 6.07) is 4.33. The molecule has 1 aromatic rings. The second-order valence-electron chi connectivity index (χ2n) is 7.53. The Morgan fingerprint density at radius 1 is 0.889 bits per heavy atom. The van der Waals surface area contributed by atoms with Crippen LogP contribution in [0.3, 0.4) is 0 Å². The zero-order valence-electron chi connectivity index (χ0n) is 13.3. The van der Waals surface area contributed by atoms with E-state index >= 15 is 0 Å². The highest BCUT2D eigenvalue weighted by molar-refractivity contribution is 5.44. The highest BCUT2D eigenvalue weighted by Gasteiger charge is 2.20. The van der Waals surface area contributed by atoms with Gasteiger partial charge in [-0.3, -0.25) is 0 Å². The lowest BCUT2D eigenvalue weighted by Gasteiger charge is -2.26. The first-order chi connectivity index (χ1) is 8.00. The van der Waals surface area contributed by atoms with Crippen molar-refractivity contribution in [3.05, 3.63) is 28.8 Å². The van der Waals surface area contributed by atoms with Crippen molar-refractivity contribution in [3.8, 4) is 5.75 Å². The lowest BCUT2D eigenvalue weighted by molar-refractivity contribution is 0.197. The van der Waals surface area contributed by atoms with E-state index in [9.17, 15) is 0 Å². The molecule has 0 saturated heterocycles. The topological polar surface area (TPSA) is 9.23 Å². The van der Waals surface area contributed by atoms with Gasteiger partial charge in [-0.1, -0.05) is 41.5 Å². The van der Waals surface area contributed by atoms with Gasteiger partial charge < -0.3 is 4.74 Å². The molecule has 0 aromatic heterocycles. The average Bonchev–Trinajstić information content (AvgIpc) is 2.10. The van der Waals surface area contributed by atoms with E-state index < -0.39 is 0 Å². The Morgan fingerprint density at radius 3 is 1.67 bits per heavy atom. The van der Waals surface area contributed by atoms with Crippen LogP contribution in [0, 0.1) is 19.3 Å². The van der Waals surface area contributed by atoms with E-state index in [0.29, 0.717) is 0 Å². The van der Waals surface area contributed by atoms with E-state index in [1.54, 1.807) is 0 Å². The molecule has 0 fully saturated rings. The van der Waals surface area contributed by atoms with E-state index in [0.717, 1.165) is 12.4 Å². The van der Waals surface area contributed by atoms with Gasteiger partial charge in [-0.25, -0.2) is 0 Å². The van der Waals surface area contributed by atoms with Crippen LogP contribution in [0.15, 0.2) is 12.1 Å². The Balaban J connectivity index is 3.01. The predicted octanol–water partition coefficient (Wildman–Crippen LogP) is 5.03. The number of benzene rings is 1. The third-order valence-electron chi connectivity index (χ3n) is 2.93. The van der Waals surface area contributed by atoms with Crippen molar-refractivity contribution in [3.63, 3.8) is 0 Å². The fourth-order valence-corrected chi connectivity index (χ4v) is 2.49. The van der Waals surface area contributed by atoms with Crippen LogP contribution in [0.2, 0.25) is 0 Å². The molecule has 1 rings (SSSR count). The van der Waals surface area contributed by atoms with E-state index in [4.69, 9.17) is 4.74 Å². The zero-order valence-corrected chi connectivity index (χ0v) is 13.3. The second kappa shape index (κ2) is 4.95. The molecular weight excluding hydrogens is 220 g/mol. The van der Waals surface area contributed by atoms with Gasteiger partial charge >= 0.3 is 0 Å². The minimum atomic E-state index is 0.191. The molecule has 0 aliphatic heterocycles. The molecule has 0 saturated carbocycles. The van der Waals surface area contributed by atoms with Gasteiger partial charge in [0.15, 0.2) is 0 Å². The summed E-state index contributed by atoms with van der Waals surface area (Å²) < 4.78 is 5.90. The number of aryl methyl sites for hydroxylation is 2. The van der Waals surface area contributed by atoms with Gasteiger partial charge in [0.05, 0.1) is 6.61 Å². The van der Waals surface area contributed by atoms with Gasteiger partial charge in [0.25, 0.3) is 0 Å².